The van der Waals surface area contributed by atoms with Crippen LogP contribution in [0.2, 0.25) is 0 Å². The van der Waals surface area contributed by atoms with Crippen molar-refractivity contribution in [2.75, 3.05) is 0 Å². The first kappa shape index (κ1) is 37.9. The maximum atomic E-state index is 12.2. The molecule has 6 aromatic rings. The molecule has 7 heteroatoms. The zero-order valence-electron chi connectivity index (χ0n) is 30.2. The van der Waals surface area contributed by atoms with Gasteiger partial charge in [0.05, 0.1) is 11.1 Å². The molecule has 0 fully saturated rings. The van der Waals surface area contributed by atoms with E-state index in [4.69, 9.17) is 9.40 Å². The SMILES string of the molecule is CCC(C)(CC)C(=O)/C=C(\O)C(C)(CC)CC.Cc1cccc2ccc3c(-c4[c-]ccc5c4oc4nc(C(C)C)ccc45)ncnc3c12.[Ir]. The number of aromatic nitrogens is 3. The molecule has 0 saturated heterocycles. The Balaban J connectivity index is 0.000000260. The number of fused-ring (bicyclic) bond motifs is 6. The van der Waals surface area contributed by atoms with Crippen LogP contribution in [-0.2, 0) is 24.9 Å². The van der Waals surface area contributed by atoms with Gasteiger partial charge in [-0.25, -0.2) is 9.97 Å². The van der Waals surface area contributed by atoms with E-state index in [9.17, 15) is 9.90 Å². The molecular weight excluding hydrogens is 787 g/mol. The van der Waals surface area contributed by atoms with Gasteiger partial charge in [0.2, 0.25) is 5.71 Å². The van der Waals surface area contributed by atoms with Crippen LogP contribution in [-0.4, -0.2) is 25.8 Å². The van der Waals surface area contributed by atoms with Gasteiger partial charge in [-0.2, -0.15) is 0 Å². The summed E-state index contributed by atoms with van der Waals surface area (Å²) < 4.78 is 6.29. The number of carbonyl (C=O) groups excluding carboxylic acids is 1. The van der Waals surface area contributed by atoms with E-state index in [0.29, 0.717) is 11.6 Å². The fraction of sp³-hybridized carbons (Fsp3) is 0.381. The van der Waals surface area contributed by atoms with Crippen molar-refractivity contribution in [3.63, 3.8) is 0 Å². The third kappa shape index (κ3) is 7.20. The average molecular weight is 835 g/mol. The number of hydrogen-bond donors (Lipinski definition) is 1. The molecule has 0 aliphatic carbocycles. The second-order valence-corrected chi connectivity index (χ2v) is 13.7. The topological polar surface area (TPSA) is 89.1 Å². The smallest absolute Gasteiger partial charge is 0.216 e. The Kier molecular flexibility index (Phi) is 11.8. The van der Waals surface area contributed by atoms with Crippen LogP contribution in [0.1, 0.15) is 98.2 Å². The summed E-state index contributed by atoms with van der Waals surface area (Å²) in [6.07, 6.45) is 6.39. The average Bonchev–Trinajstić information content (AvgIpc) is 3.49. The molecule has 3 aromatic heterocycles. The zero-order valence-corrected chi connectivity index (χ0v) is 32.6. The van der Waals surface area contributed by atoms with Crippen LogP contribution in [0.5, 0.6) is 0 Å². The zero-order chi connectivity index (χ0) is 34.8. The molecule has 6 rings (SSSR count). The fourth-order valence-electron chi connectivity index (χ4n) is 6.10. The van der Waals surface area contributed by atoms with Crippen LogP contribution in [0.25, 0.3) is 55.0 Å². The first-order valence-electron chi connectivity index (χ1n) is 17.2. The summed E-state index contributed by atoms with van der Waals surface area (Å²) in [6, 6.07) is 22.1. The Morgan fingerprint density at radius 1 is 0.898 bits per heavy atom. The minimum Gasteiger partial charge on any atom is -0.512 e. The van der Waals surface area contributed by atoms with Crippen molar-refractivity contribution in [3.8, 4) is 11.3 Å². The van der Waals surface area contributed by atoms with Gasteiger partial charge in [0, 0.05) is 59.2 Å². The molecule has 0 atom stereocenters. The first-order valence-corrected chi connectivity index (χ1v) is 17.2. The number of allylic oxidation sites excluding steroid dienone is 2. The number of benzene rings is 3. The van der Waals surface area contributed by atoms with Crippen molar-refractivity contribution in [1.29, 1.82) is 0 Å². The monoisotopic (exact) mass is 835 g/mol. The van der Waals surface area contributed by atoms with Crippen LogP contribution in [0.15, 0.2) is 77.2 Å². The van der Waals surface area contributed by atoms with Crippen molar-refractivity contribution in [3.05, 3.63) is 90.1 Å². The third-order valence-electron chi connectivity index (χ3n) is 10.6. The number of ketones is 1. The van der Waals surface area contributed by atoms with E-state index in [-0.39, 0.29) is 42.5 Å². The Labute approximate surface area is 303 Å². The number of aliphatic hydroxyl groups excluding tert-OH is 1. The third-order valence-corrected chi connectivity index (χ3v) is 10.6. The predicted octanol–water partition coefficient (Wildman–Crippen LogP) is 11.6. The minimum absolute atomic E-state index is 0. The summed E-state index contributed by atoms with van der Waals surface area (Å²) in [6.45, 7) is 18.5. The van der Waals surface area contributed by atoms with Crippen LogP contribution in [0, 0.1) is 23.8 Å². The largest absolute Gasteiger partial charge is 0.512 e. The Morgan fingerprint density at radius 3 is 2.22 bits per heavy atom. The molecule has 0 unspecified atom stereocenters. The first-order chi connectivity index (χ1) is 22.9. The van der Waals surface area contributed by atoms with Crippen LogP contribution in [0.4, 0.5) is 0 Å². The predicted molar refractivity (Wildman–Crippen MR) is 198 cm³/mol. The van der Waals surface area contributed by atoms with Gasteiger partial charge in [0.1, 0.15) is 12.1 Å². The Hall–Kier alpha value is -3.93. The van der Waals surface area contributed by atoms with E-state index in [2.05, 4.69) is 79.3 Å². The maximum absolute atomic E-state index is 12.2. The van der Waals surface area contributed by atoms with Crippen LogP contribution >= 0.6 is 0 Å². The summed E-state index contributed by atoms with van der Waals surface area (Å²) >= 11 is 0. The molecule has 49 heavy (non-hydrogen) atoms. The van der Waals surface area contributed by atoms with Gasteiger partial charge in [-0.3, -0.25) is 9.78 Å². The van der Waals surface area contributed by atoms with Gasteiger partial charge in [-0.15, -0.1) is 18.2 Å². The summed E-state index contributed by atoms with van der Waals surface area (Å²) in [4.78, 5) is 26.2. The van der Waals surface area contributed by atoms with Crippen LogP contribution < -0.4 is 0 Å². The van der Waals surface area contributed by atoms with E-state index in [1.807, 2.05) is 53.7 Å². The molecule has 1 radical (unpaired) electrons. The molecule has 0 aliphatic heterocycles. The van der Waals surface area contributed by atoms with Gasteiger partial charge in [-0.1, -0.05) is 96.7 Å². The minimum atomic E-state index is -0.337. The summed E-state index contributed by atoms with van der Waals surface area (Å²) in [5.41, 5.74) is 5.63. The summed E-state index contributed by atoms with van der Waals surface area (Å²) in [5.74, 6) is 0.625. The summed E-state index contributed by atoms with van der Waals surface area (Å²) in [5, 5.41) is 15.5. The van der Waals surface area contributed by atoms with Gasteiger partial charge in [-0.05, 0) is 67.0 Å². The standard InChI is InChI=1S/C27H20N3O.C15H28O2.Ir/c1-15(2)22-13-12-19-18-8-5-9-21(26(18)31-27(19)30-22)24-20-11-10-17-7-4-6-16(3)23(17)25(20)29-14-28-24;1-7-14(5,8-2)12(16)11-13(17)15(6,9-3)10-4;/h4-8,10-15H,1-3H3;11,16H,7-10H2,1-6H3;/q-1;;/b;12-11-;. The number of rotatable bonds is 9. The molecule has 0 bridgehead atoms. The number of aliphatic hydroxyl groups is 1. The van der Waals surface area contributed by atoms with Gasteiger partial charge < -0.3 is 9.52 Å². The Bertz CT molecular complexity index is 2140. The number of nitrogens with zero attached hydrogens (tertiary/aromatic N) is 3. The molecule has 3 heterocycles. The quantitative estimate of drug-likeness (QED) is 0.0675. The maximum Gasteiger partial charge on any atom is 0.216 e. The van der Waals surface area contributed by atoms with Crippen LogP contribution in [0.3, 0.4) is 0 Å². The summed E-state index contributed by atoms with van der Waals surface area (Å²) in [7, 11) is 0. The van der Waals surface area contributed by atoms with Crippen molar-refractivity contribution >= 4 is 49.5 Å². The number of hydrogen-bond acceptors (Lipinski definition) is 6. The second kappa shape index (κ2) is 15.3. The fourth-order valence-corrected chi connectivity index (χ4v) is 6.10. The number of pyridine rings is 1. The Morgan fingerprint density at radius 2 is 1.57 bits per heavy atom. The molecule has 3 aromatic carbocycles. The van der Waals surface area contributed by atoms with Crippen molar-refractivity contribution in [2.45, 2.75) is 93.9 Å². The second-order valence-electron chi connectivity index (χ2n) is 13.7. The van der Waals surface area contributed by atoms with E-state index in [1.54, 1.807) is 6.33 Å². The number of aryl methyl sites for hydroxylation is 1. The molecule has 259 valence electrons. The molecule has 0 saturated carbocycles. The van der Waals surface area contributed by atoms with Crippen molar-refractivity contribution in [2.24, 2.45) is 10.8 Å². The van der Waals surface area contributed by atoms with Gasteiger partial charge >= 0.3 is 0 Å². The molecular formula is C42H48IrN3O3-. The molecule has 0 aliphatic rings. The van der Waals surface area contributed by atoms with E-state index >= 15 is 0 Å². The van der Waals surface area contributed by atoms with E-state index < -0.39 is 0 Å². The molecule has 6 nitrogen and oxygen atoms in total. The van der Waals surface area contributed by atoms with E-state index in [0.717, 1.165) is 75.3 Å². The van der Waals surface area contributed by atoms with Crippen molar-refractivity contribution in [1.82, 2.24) is 15.0 Å². The normalized spacial score (nSPS) is 12.4. The van der Waals surface area contributed by atoms with E-state index in [1.165, 1.54) is 17.0 Å². The molecule has 0 spiro atoms. The molecule has 0 amide bonds. The number of carbonyl (C=O) groups is 1. The van der Waals surface area contributed by atoms with Crippen molar-refractivity contribution < 1.29 is 34.4 Å². The molecule has 1 N–H and O–H groups in total. The van der Waals surface area contributed by atoms with Gasteiger partial charge in [0.15, 0.2) is 5.78 Å². The van der Waals surface area contributed by atoms with Gasteiger partial charge in [0.25, 0.3) is 0 Å². The number of furan rings is 1.